The van der Waals surface area contributed by atoms with Crippen LogP contribution in [0.25, 0.3) is 0 Å². The van der Waals surface area contributed by atoms with Crippen LogP contribution >= 0.6 is 11.8 Å². The Morgan fingerprint density at radius 2 is 1.00 bits per heavy atom. The summed E-state index contributed by atoms with van der Waals surface area (Å²) in [6, 6.07) is 0. The van der Waals surface area contributed by atoms with Crippen LogP contribution in [0.4, 0.5) is 0 Å². The van der Waals surface area contributed by atoms with Gasteiger partial charge in [0.1, 0.15) is 0 Å². The van der Waals surface area contributed by atoms with Crippen molar-refractivity contribution in [3.05, 3.63) is 0 Å². The second kappa shape index (κ2) is 8.35. The second-order valence-electron chi connectivity index (χ2n) is 3.02. The normalized spacial score (nSPS) is 9.33. The van der Waals surface area contributed by atoms with Crippen LogP contribution in [0.1, 0.15) is 34.6 Å². The molecule has 0 spiro atoms. The Balaban J connectivity index is 0. The van der Waals surface area contributed by atoms with E-state index < -0.39 is 0 Å². The fourth-order valence-corrected chi connectivity index (χ4v) is 0. The molecule has 0 bridgehead atoms. The predicted octanol–water partition coefficient (Wildman–Crippen LogP) is 3.42. The van der Waals surface area contributed by atoms with Crippen molar-refractivity contribution in [1.29, 1.82) is 0 Å². The van der Waals surface area contributed by atoms with Gasteiger partial charge < -0.3 is 0 Å². The first-order valence-corrected chi connectivity index (χ1v) is 4.82. The molecule has 1 heteroatoms. The minimum atomic E-state index is 0.801. The molecule has 0 atom stereocenters. The highest BCUT2D eigenvalue weighted by Crippen LogP contribution is 2.00. The summed E-state index contributed by atoms with van der Waals surface area (Å²) < 4.78 is 0. The van der Waals surface area contributed by atoms with Crippen molar-refractivity contribution in [2.75, 3.05) is 6.26 Å². The number of rotatable bonds is 1. The molecule has 0 heterocycles. The van der Waals surface area contributed by atoms with E-state index in [0.717, 1.165) is 11.2 Å². The van der Waals surface area contributed by atoms with Gasteiger partial charge in [-0.25, -0.2) is 0 Å². The monoisotopic (exact) mass is 148 g/mol. The Kier molecular flexibility index (Phi) is 11.2. The zero-order valence-electron chi connectivity index (χ0n) is 7.56. The summed E-state index contributed by atoms with van der Waals surface area (Å²) in [5, 5.41) is 0.801. The number of hydrogen-bond donors (Lipinski definition) is 0. The largest absolute Gasteiger partial charge is 0.163 e. The summed E-state index contributed by atoms with van der Waals surface area (Å²) in [5.74, 6) is 0.833. The second-order valence-corrected chi connectivity index (χ2v) is 4.43. The average molecular weight is 148 g/mol. The molecule has 0 radical (unpaired) electrons. The minimum Gasteiger partial charge on any atom is -0.163 e. The molecule has 9 heavy (non-hydrogen) atoms. The number of hydrogen-bond acceptors (Lipinski definition) is 1. The summed E-state index contributed by atoms with van der Waals surface area (Å²) in [6.45, 7) is 10.9. The predicted molar refractivity (Wildman–Crippen MR) is 49.2 cm³/mol. The summed E-state index contributed by atoms with van der Waals surface area (Å²) in [6.07, 6.45) is 2.12. The van der Waals surface area contributed by atoms with Gasteiger partial charge in [0.05, 0.1) is 0 Å². The van der Waals surface area contributed by atoms with Crippen molar-refractivity contribution in [2.45, 2.75) is 39.9 Å². The van der Waals surface area contributed by atoms with Crippen molar-refractivity contribution >= 4 is 11.8 Å². The smallest absolute Gasteiger partial charge is 0.00125 e. The van der Waals surface area contributed by atoms with Gasteiger partial charge in [-0.15, -0.1) is 0 Å². The van der Waals surface area contributed by atoms with Crippen molar-refractivity contribution in [3.8, 4) is 0 Å². The van der Waals surface area contributed by atoms with Crippen molar-refractivity contribution in [3.63, 3.8) is 0 Å². The lowest BCUT2D eigenvalue weighted by Gasteiger charge is -1.90. The third-order valence-corrected chi connectivity index (χ3v) is 1.41. The molecule has 0 nitrogen and oxygen atoms in total. The Hall–Kier alpha value is 0.350. The third kappa shape index (κ3) is 61.0. The van der Waals surface area contributed by atoms with Crippen LogP contribution in [0, 0.1) is 5.92 Å². The van der Waals surface area contributed by atoms with E-state index in [-0.39, 0.29) is 0 Å². The molecular formula is C8H20S. The van der Waals surface area contributed by atoms with Gasteiger partial charge in [0, 0.05) is 0 Å². The van der Waals surface area contributed by atoms with Gasteiger partial charge in [0.15, 0.2) is 0 Å². The third-order valence-electron chi connectivity index (χ3n) is 0.471. The molecule has 0 fully saturated rings. The molecular weight excluding hydrogens is 128 g/mol. The molecule has 0 amide bonds. The first-order valence-electron chi connectivity index (χ1n) is 3.53. The topological polar surface area (TPSA) is 0 Å². The molecule has 0 rings (SSSR count). The first kappa shape index (κ1) is 12.1. The maximum atomic E-state index is 2.19. The Labute approximate surface area is 64.4 Å². The van der Waals surface area contributed by atoms with Gasteiger partial charge in [-0.1, -0.05) is 34.6 Å². The van der Waals surface area contributed by atoms with E-state index in [0.29, 0.717) is 0 Å². The first-order chi connectivity index (χ1) is 4.00. The van der Waals surface area contributed by atoms with E-state index in [1.165, 1.54) is 0 Å². The highest BCUT2D eigenvalue weighted by Gasteiger charge is 1.80. The highest BCUT2D eigenvalue weighted by molar-refractivity contribution is 7.99. The standard InChI is InChI=1S/C4H10S.C4H10/c1-4(2)5-3;1-4(2)3/h4H,1-3H3;4H,1-3H3. The quantitative estimate of drug-likeness (QED) is 0.549. The molecule has 0 aromatic carbocycles. The van der Waals surface area contributed by atoms with E-state index >= 15 is 0 Å². The zero-order chi connectivity index (χ0) is 7.86. The van der Waals surface area contributed by atoms with Crippen molar-refractivity contribution in [1.82, 2.24) is 0 Å². The van der Waals surface area contributed by atoms with E-state index in [4.69, 9.17) is 0 Å². The van der Waals surface area contributed by atoms with Gasteiger partial charge in [-0.2, -0.15) is 11.8 Å². The molecule has 0 aromatic rings. The molecule has 0 N–H and O–H groups in total. The summed E-state index contributed by atoms with van der Waals surface area (Å²) in [5.41, 5.74) is 0. The summed E-state index contributed by atoms with van der Waals surface area (Å²) in [4.78, 5) is 0. The van der Waals surface area contributed by atoms with Crippen LogP contribution in [0.15, 0.2) is 0 Å². The van der Waals surface area contributed by atoms with Crippen molar-refractivity contribution in [2.24, 2.45) is 5.92 Å². The average Bonchev–Trinajstić information content (AvgIpc) is 1.65. The lowest BCUT2D eigenvalue weighted by Crippen LogP contribution is -1.79. The molecule has 58 valence electrons. The number of thioether (sulfide) groups is 1. The summed E-state index contributed by atoms with van der Waals surface area (Å²) in [7, 11) is 0. The van der Waals surface area contributed by atoms with Crippen LogP contribution in [0.2, 0.25) is 0 Å². The van der Waals surface area contributed by atoms with E-state index in [2.05, 4.69) is 40.9 Å². The van der Waals surface area contributed by atoms with Gasteiger partial charge in [-0.3, -0.25) is 0 Å². The van der Waals surface area contributed by atoms with Crippen LogP contribution < -0.4 is 0 Å². The maximum absolute atomic E-state index is 2.19. The molecule has 0 aliphatic carbocycles. The Morgan fingerprint density at radius 3 is 1.00 bits per heavy atom. The van der Waals surface area contributed by atoms with Crippen LogP contribution in [0.3, 0.4) is 0 Å². The van der Waals surface area contributed by atoms with Crippen LogP contribution in [-0.2, 0) is 0 Å². The summed E-state index contributed by atoms with van der Waals surface area (Å²) >= 11 is 1.88. The highest BCUT2D eigenvalue weighted by atomic mass is 32.2. The zero-order valence-corrected chi connectivity index (χ0v) is 8.38. The van der Waals surface area contributed by atoms with Gasteiger partial charge in [0.25, 0.3) is 0 Å². The molecule has 0 unspecified atom stereocenters. The minimum absolute atomic E-state index is 0.801. The molecule has 0 aliphatic rings. The van der Waals surface area contributed by atoms with Gasteiger partial charge >= 0.3 is 0 Å². The van der Waals surface area contributed by atoms with E-state index in [1.54, 1.807) is 0 Å². The van der Waals surface area contributed by atoms with Crippen LogP contribution in [-0.4, -0.2) is 11.5 Å². The van der Waals surface area contributed by atoms with E-state index in [9.17, 15) is 0 Å². The fourth-order valence-electron chi connectivity index (χ4n) is 0. The molecule has 0 aliphatic heterocycles. The Bertz CT molecular complexity index is 37.1. The SMILES string of the molecule is CC(C)C.CSC(C)C. The van der Waals surface area contributed by atoms with E-state index in [1.807, 2.05) is 11.8 Å². The maximum Gasteiger partial charge on any atom is -0.00125 e. The van der Waals surface area contributed by atoms with Gasteiger partial charge in [0.2, 0.25) is 0 Å². The Morgan fingerprint density at radius 1 is 0.889 bits per heavy atom. The molecule has 0 aromatic heterocycles. The van der Waals surface area contributed by atoms with Gasteiger partial charge in [-0.05, 0) is 17.4 Å². The van der Waals surface area contributed by atoms with Crippen LogP contribution in [0.5, 0.6) is 0 Å². The van der Waals surface area contributed by atoms with Crippen molar-refractivity contribution < 1.29 is 0 Å². The fraction of sp³-hybridized carbons (Fsp3) is 1.00. The lowest BCUT2D eigenvalue weighted by molar-refractivity contribution is 0.737. The lowest BCUT2D eigenvalue weighted by atomic mass is 10.3. The molecule has 0 saturated carbocycles. The molecule has 0 saturated heterocycles.